The van der Waals surface area contributed by atoms with E-state index in [9.17, 15) is 0 Å². The lowest BCUT2D eigenvalue weighted by Crippen LogP contribution is -2.45. The molecule has 1 N–H and O–H groups in total. The number of rotatable bonds is 3. The number of piperazine rings is 1. The van der Waals surface area contributed by atoms with E-state index in [1.54, 1.807) is 0 Å². The fourth-order valence-electron chi connectivity index (χ4n) is 2.76. The van der Waals surface area contributed by atoms with Crippen LogP contribution < -0.4 is 5.32 Å². The number of nitrogens with zero attached hydrogens (tertiary/aromatic N) is 1. The number of benzene rings is 2. The largest absolute Gasteiger partial charge is 0.314 e. The third-order valence-electron chi connectivity index (χ3n) is 3.77. The van der Waals surface area contributed by atoms with Crippen molar-refractivity contribution in [2.24, 2.45) is 0 Å². The van der Waals surface area contributed by atoms with Crippen LogP contribution in [0.4, 0.5) is 0 Å². The van der Waals surface area contributed by atoms with Crippen molar-refractivity contribution < 1.29 is 0 Å². The SMILES string of the molecule is c1ccc(CN2CCNC[C@H]2c2ccccc2)cc1. The minimum absolute atomic E-state index is 0.482. The molecule has 0 saturated carbocycles. The molecule has 1 fully saturated rings. The molecule has 98 valence electrons. The molecule has 1 heterocycles. The van der Waals surface area contributed by atoms with Crippen molar-refractivity contribution in [1.82, 2.24) is 10.2 Å². The van der Waals surface area contributed by atoms with Crippen LogP contribution in [0.1, 0.15) is 17.2 Å². The third-order valence-corrected chi connectivity index (χ3v) is 3.77. The average Bonchev–Trinajstić information content (AvgIpc) is 2.50. The van der Waals surface area contributed by atoms with Gasteiger partial charge in [0, 0.05) is 32.2 Å². The first-order valence-electron chi connectivity index (χ1n) is 6.97. The van der Waals surface area contributed by atoms with Crippen molar-refractivity contribution in [3.8, 4) is 0 Å². The number of nitrogens with one attached hydrogen (secondary N) is 1. The predicted molar refractivity (Wildman–Crippen MR) is 78.9 cm³/mol. The van der Waals surface area contributed by atoms with Crippen LogP contribution in [0.25, 0.3) is 0 Å². The Bertz CT molecular complexity index is 495. The third kappa shape index (κ3) is 3.03. The van der Waals surface area contributed by atoms with Gasteiger partial charge in [0.25, 0.3) is 0 Å². The summed E-state index contributed by atoms with van der Waals surface area (Å²) < 4.78 is 0. The van der Waals surface area contributed by atoms with Gasteiger partial charge in [-0.1, -0.05) is 60.7 Å². The van der Waals surface area contributed by atoms with Crippen molar-refractivity contribution >= 4 is 0 Å². The lowest BCUT2D eigenvalue weighted by Gasteiger charge is -2.36. The van der Waals surface area contributed by atoms with Gasteiger partial charge >= 0.3 is 0 Å². The van der Waals surface area contributed by atoms with E-state index in [1.165, 1.54) is 11.1 Å². The van der Waals surface area contributed by atoms with Gasteiger partial charge in [0.2, 0.25) is 0 Å². The second-order valence-corrected chi connectivity index (χ2v) is 5.09. The standard InChI is InChI=1S/C17H20N2/c1-3-7-15(8-4-1)14-19-12-11-18-13-17(19)16-9-5-2-6-10-16/h1-10,17-18H,11-14H2/t17-/m0/s1. The van der Waals surface area contributed by atoms with E-state index in [0.717, 1.165) is 26.2 Å². The van der Waals surface area contributed by atoms with E-state index in [1.807, 2.05) is 0 Å². The second kappa shape index (κ2) is 6.00. The summed E-state index contributed by atoms with van der Waals surface area (Å²) in [5.74, 6) is 0. The van der Waals surface area contributed by atoms with Crippen molar-refractivity contribution in [2.75, 3.05) is 19.6 Å². The lowest BCUT2D eigenvalue weighted by molar-refractivity contribution is 0.154. The molecule has 1 saturated heterocycles. The van der Waals surface area contributed by atoms with E-state index in [4.69, 9.17) is 0 Å². The molecule has 0 unspecified atom stereocenters. The van der Waals surface area contributed by atoms with Gasteiger partial charge in [-0.2, -0.15) is 0 Å². The van der Waals surface area contributed by atoms with Gasteiger partial charge in [0.15, 0.2) is 0 Å². The normalized spacial score (nSPS) is 20.3. The molecule has 0 aromatic heterocycles. The Morgan fingerprint density at radius 3 is 2.37 bits per heavy atom. The van der Waals surface area contributed by atoms with Crippen LogP contribution in [-0.4, -0.2) is 24.5 Å². The second-order valence-electron chi connectivity index (χ2n) is 5.09. The molecular formula is C17H20N2. The van der Waals surface area contributed by atoms with Crippen LogP contribution in [0.3, 0.4) is 0 Å². The van der Waals surface area contributed by atoms with E-state index in [-0.39, 0.29) is 0 Å². The maximum absolute atomic E-state index is 3.51. The zero-order valence-electron chi connectivity index (χ0n) is 11.1. The molecule has 0 bridgehead atoms. The molecule has 1 aliphatic heterocycles. The molecule has 0 radical (unpaired) electrons. The summed E-state index contributed by atoms with van der Waals surface area (Å²) in [6.07, 6.45) is 0. The summed E-state index contributed by atoms with van der Waals surface area (Å²) in [7, 11) is 0. The molecule has 19 heavy (non-hydrogen) atoms. The fourth-order valence-corrected chi connectivity index (χ4v) is 2.76. The van der Waals surface area contributed by atoms with Crippen molar-refractivity contribution in [1.29, 1.82) is 0 Å². The Labute approximate surface area is 115 Å². The number of hydrogen-bond acceptors (Lipinski definition) is 2. The summed E-state index contributed by atoms with van der Waals surface area (Å²) in [4.78, 5) is 2.57. The smallest absolute Gasteiger partial charge is 0.0476 e. The Hall–Kier alpha value is -1.64. The maximum atomic E-state index is 3.51. The van der Waals surface area contributed by atoms with E-state index in [2.05, 4.69) is 70.9 Å². The summed E-state index contributed by atoms with van der Waals surface area (Å²) in [6, 6.07) is 22.0. The zero-order chi connectivity index (χ0) is 12.9. The molecule has 2 heteroatoms. The molecule has 0 amide bonds. The summed E-state index contributed by atoms with van der Waals surface area (Å²) in [5.41, 5.74) is 2.80. The molecular weight excluding hydrogens is 232 g/mol. The summed E-state index contributed by atoms with van der Waals surface area (Å²) >= 11 is 0. The van der Waals surface area contributed by atoms with Gasteiger partial charge in [0.1, 0.15) is 0 Å². The highest BCUT2D eigenvalue weighted by Crippen LogP contribution is 2.23. The first-order valence-corrected chi connectivity index (χ1v) is 6.97. The minimum Gasteiger partial charge on any atom is -0.314 e. The van der Waals surface area contributed by atoms with E-state index < -0.39 is 0 Å². The van der Waals surface area contributed by atoms with Gasteiger partial charge in [0.05, 0.1) is 0 Å². The van der Waals surface area contributed by atoms with Gasteiger partial charge in [-0.25, -0.2) is 0 Å². The first-order chi connectivity index (χ1) is 9.43. The van der Waals surface area contributed by atoms with Gasteiger partial charge in [-0.3, -0.25) is 4.90 Å². The molecule has 3 rings (SSSR count). The minimum atomic E-state index is 0.482. The van der Waals surface area contributed by atoms with Crippen LogP contribution in [0.15, 0.2) is 60.7 Å². The van der Waals surface area contributed by atoms with Crippen LogP contribution in [-0.2, 0) is 6.54 Å². The van der Waals surface area contributed by atoms with Crippen molar-refractivity contribution in [2.45, 2.75) is 12.6 Å². The summed E-state index contributed by atoms with van der Waals surface area (Å²) in [6.45, 7) is 4.25. The predicted octanol–water partition coefficient (Wildman–Crippen LogP) is 2.83. The molecule has 1 atom stereocenters. The molecule has 2 aromatic carbocycles. The van der Waals surface area contributed by atoms with E-state index in [0.29, 0.717) is 6.04 Å². The van der Waals surface area contributed by atoms with Gasteiger partial charge in [-0.15, -0.1) is 0 Å². The lowest BCUT2D eigenvalue weighted by atomic mass is 10.0. The average molecular weight is 252 g/mol. The van der Waals surface area contributed by atoms with Crippen molar-refractivity contribution in [3.05, 3.63) is 71.8 Å². The van der Waals surface area contributed by atoms with Crippen LogP contribution in [0.5, 0.6) is 0 Å². The van der Waals surface area contributed by atoms with Crippen LogP contribution in [0, 0.1) is 0 Å². The summed E-state index contributed by atoms with van der Waals surface area (Å²) in [5, 5.41) is 3.51. The highest BCUT2D eigenvalue weighted by atomic mass is 15.2. The highest BCUT2D eigenvalue weighted by Gasteiger charge is 2.23. The quantitative estimate of drug-likeness (QED) is 0.903. The Morgan fingerprint density at radius 1 is 0.947 bits per heavy atom. The Kier molecular flexibility index (Phi) is 3.92. The number of hydrogen-bond donors (Lipinski definition) is 1. The molecule has 0 aliphatic carbocycles. The first kappa shape index (κ1) is 12.4. The van der Waals surface area contributed by atoms with Crippen LogP contribution >= 0.6 is 0 Å². The Morgan fingerprint density at radius 2 is 1.63 bits per heavy atom. The van der Waals surface area contributed by atoms with Gasteiger partial charge < -0.3 is 5.32 Å². The van der Waals surface area contributed by atoms with Crippen molar-refractivity contribution in [3.63, 3.8) is 0 Å². The molecule has 2 aromatic rings. The fraction of sp³-hybridized carbons (Fsp3) is 0.294. The molecule has 2 nitrogen and oxygen atoms in total. The Balaban J connectivity index is 1.78. The van der Waals surface area contributed by atoms with E-state index >= 15 is 0 Å². The maximum Gasteiger partial charge on any atom is 0.0476 e. The topological polar surface area (TPSA) is 15.3 Å². The zero-order valence-corrected chi connectivity index (χ0v) is 11.1. The monoisotopic (exact) mass is 252 g/mol. The molecule has 0 spiro atoms. The molecule has 1 aliphatic rings. The van der Waals surface area contributed by atoms with Crippen LogP contribution in [0.2, 0.25) is 0 Å². The highest BCUT2D eigenvalue weighted by molar-refractivity contribution is 5.21. The van der Waals surface area contributed by atoms with Gasteiger partial charge in [-0.05, 0) is 11.1 Å².